The van der Waals surface area contributed by atoms with Crippen LogP contribution in [-0.2, 0) is 25.8 Å². The monoisotopic (exact) mass is 447 g/mol. The van der Waals surface area contributed by atoms with E-state index < -0.39 is 15.8 Å². The van der Waals surface area contributed by atoms with Gasteiger partial charge in [0.2, 0.25) is 0 Å². The third-order valence-electron chi connectivity index (χ3n) is 4.60. The molecular weight excluding hydrogens is 422 g/mol. The Hall–Kier alpha value is -3.51. The highest BCUT2D eigenvalue weighted by Gasteiger charge is 2.11. The molecule has 0 saturated heterocycles. The van der Waals surface area contributed by atoms with Gasteiger partial charge >= 0.3 is 5.97 Å². The SMILES string of the molecule is CCOC(=O)/C=C/c1cc(C=CCS(=O)(=O)c2ccccc2)cc(Cc2cccnc2)c1. The van der Waals surface area contributed by atoms with E-state index in [4.69, 9.17) is 4.74 Å². The maximum absolute atomic E-state index is 12.5. The quantitative estimate of drug-likeness (QED) is 0.350. The highest BCUT2D eigenvalue weighted by atomic mass is 32.2. The predicted octanol–water partition coefficient (Wildman–Crippen LogP) is 4.74. The number of benzene rings is 2. The Labute approximate surface area is 189 Å². The molecule has 164 valence electrons. The summed E-state index contributed by atoms with van der Waals surface area (Å²) >= 11 is 0. The zero-order chi connectivity index (χ0) is 22.8. The summed E-state index contributed by atoms with van der Waals surface area (Å²) in [5.41, 5.74) is 3.75. The lowest BCUT2D eigenvalue weighted by atomic mass is 10.00. The van der Waals surface area contributed by atoms with Crippen molar-refractivity contribution in [2.24, 2.45) is 0 Å². The number of carbonyl (C=O) groups excluding carboxylic acids is 1. The molecule has 1 aromatic heterocycles. The van der Waals surface area contributed by atoms with Gasteiger partial charge in [0.15, 0.2) is 9.84 Å². The molecule has 0 aliphatic rings. The minimum Gasteiger partial charge on any atom is -0.463 e. The first-order valence-corrected chi connectivity index (χ1v) is 11.9. The molecule has 0 N–H and O–H groups in total. The molecule has 1 heterocycles. The van der Waals surface area contributed by atoms with Crippen LogP contribution in [0.3, 0.4) is 0 Å². The average Bonchev–Trinajstić information content (AvgIpc) is 2.79. The van der Waals surface area contributed by atoms with Crippen LogP contribution >= 0.6 is 0 Å². The zero-order valence-electron chi connectivity index (χ0n) is 17.8. The number of ether oxygens (including phenoxy) is 1. The van der Waals surface area contributed by atoms with Gasteiger partial charge in [-0.05, 0) is 65.9 Å². The van der Waals surface area contributed by atoms with Crippen molar-refractivity contribution in [2.75, 3.05) is 12.4 Å². The lowest BCUT2D eigenvalue weighted by Crippen LogP contribution is -2.04. The van der Waals surface area contributed by atoms with Gasteiger partial charge in [-0.1, -0.05) is 48.6 Å². The van der Waals surface area contributed by atoms with Gasteiger partial charge < -0.3 is 4.74 Å². The normalized spacial score (nSPS) is 11.8. The maximum atomic E-state index is 12.5. The fraction of sp³-hybridized carbons (Fsp3) is 0.154. The zero-order valence-corrected chi connectivity index (χ0v) is 18.7. The molecule has 3 aromatic rings. The van der Waals surface area contributed by atoms with Gasteiger partial charge in [0.1, 0.15) is 0 Å². The molecular formula is C26H25NO4S. The average molecular weight is 448 g/mol. The number of rotatable bonds is 9. The number of esters is 1. The second-order valence-electron chi connectivity index (χ2n) is 7.13. The Kier molecular flexibility index (Phi) is 8.11. The van der Waals surface area contributed by atoms with E-state index in [9.17, 15) is 13.2 Å². The fourth-order valence-corrected chi connectivity index (χ4v) is 4.28. The first kappa shape index (κ1) is 23.2. The standard InChI is InChI=1S/C26H25NO4S/c1-2-31-26(28)13-12-22-16-21(17-24(18-22)19-23-8-6-14-27-20-23)9-7-15-32(29,30)25-10-4-3-5-11-25/h3-14,16-18,20H,2,15,19H2,1H3/b9-7?,13-12+. The van der Waals surface area contributed by atoms with Crippen LogP contribution in [0.5, 0.6) is 0 Å². The largest absolute Gasteiger partial charge is 0.463 e. The van der Waals surface area contributed by atoms with E-state index in [1.807, 2.05) is 36.5 Å². The first-order valence-electron chi connectivity index (χ1n) is 10.3. The van der Waals surface area contributed by atoms with Gasteiger partial charge in [-0.15, -0.1) is 0 Å². The van der Waals surface area contributed by atoms with Crippen LogP contribution in [0.1, 0.15) is 29.2 Å². The van der Waals surface area contributed by atoms with Gasteiger partial charge in [-0.2, -0.15) is 0 Å². The van der Waals surface area contributed by atoms with Crippen LogP contribution in [0.15, 0.2) is 90.1 Å². The van der Waals surface area contributed by atoms with Crippen LogP contribution in [-0.4, -0.2) is 31.7 Å². The summed E-state index contributed by atoms with van der Waals surface area (Å²) in [6.45, 7) is 2.07. The summed E-state index contributed by atoms with van der Waals surface area (Å²) in [6, 6.07) is 18.2. The molecule has 0 fully saturated rings. The van der Waals surface area contributed by atoms with Gasteiger partial charge in [0.05, 0.1) is 17.3 Å². The number of hydrogen-bond acceptors (Lipinski definition) is 5. The third kappa shape index (κ3) is 7.03. The van der Waals surface area contributed by atoms with Gasteiger partial charge in [-0.25, -0.2) is 13.2 Å². The second-order valence-corrected chi connectivity index (χ2v) is 9.16. The summed E-state index contributed by atoms with van der Waals surface area (Å²) in [7, 11) is -3.40. The van der Waals surface area contributed by atoms with E-state index in [0.717, 1.165) is 22.3 Å². The van der Waals surface area contributed by atoms with E-state index in [-0.39, 0.29) is 5.75 Å². The van der Waals surface area contributed by atoms with E-state index in [1.54, 1.807) is 61.7 Å². The molecule has 0 bridgehead atoms. The first-order chi connectivity index (χ1) is 15.5. The van der Waals surface area contributed by atoms with E-state index in [2.05, 4.69) is 4.98 Å². The fourth-order valence-electron chi connectivity index (χ4n) is 3.17. The molecule has 0 spiro atoms. The molecule has 0 aliphatic carbocycles. The summed E-state index contributed by atoms with van der Waals surface area (Å²) in [6.07, 6.45) is 10.7. The Morgan fingerprint density at radius 3 is 2.41 bits per heavy atom. The number of pyridine rings is 1. The summed E-state index contributed by atoms with van der Waals surface area (Å²) in [5.74, 6) is -0.506. The molecule has 3 rings (SSSR count). The van der Waals surface area contributed by atoms with Crippen LogP contribution in [0, 0.1) is 0 Å². The van der Waals surface area contributed by atoms with Crippen LogP contribution in [0.25, 0.3) is 12.2 Å². The second kappa shape index (κ2) is 11.2. The lowest BCUT2D eigenvalue weighted by molar-refractivity contribution is -0.137. The number of carbonyl (C=O) groups is 1. The molecule has 0 radical (unpaired) electrons. The molecule has 0 unspecified atom stereocenters. The Morgan fingerprint density at radius 2 is 1.72 bits per heavy atom. The molecule has 0 atom stereocenters. The van der Waals surface area contributed by atoms with Crippen molar-refractivity contribution < 1.29 is 17.9 Å². The Morgan fingerprint density at radius 1 is 0.969 bits per heavy atom. The minimum atomic E-state index is -3.40. The van der Waals surface area contributed by atoms with E-state index in [1.165, 1.54) is 6.08 Å². The molecule has 5 nitrogen and oxygen atoms in total. The van der Waals surface area contributed by atoms with Gasteiger partial charge in [0.25, 0.3) is 0 Å². The van der Waals surface area contributed by atoms with Crippen LogP contribution in [0.4, 0.5) is 0 Å². The molecule has 32 heavy (non-hydrogen) atoms. The number of hydrogen-bond donors (Lipinski definition) is 0. The minimum absolute atomic E-state index is 0.0994. The summed E-state index contributed by atoms with van der Waals surface area (Å²) < 4.78 is 30.0. The van der Waals surface area contributed by atoms with Crippen molar-refractivity contribution in [3.8, 4) is 0 Å². The van der Waals surface area contributed by atoms with Crippen molar-refractivity contribution in [1.29, 1.82) is 0 Å². The molecule has 2 aromatic carbocycles. The van der Waals surface area contributed by atoms with Crippen molar-refractivity contribution in [3.05, 3.63) is 107 Å². The number of sulfone groups is 1. The van der Waals surface area contributed by atoms with E-state index in [0.29, 0.717) is 17.9 Å². The Bertz CT molecular complexity index is 1200. The molecule has 0 aliphatic heterocycles. The summed E-state index contributed by atoms with van der Waals surface area (Å²) in [5, 5.41) is 0. The predicted molar refractivity (Wildman–Crippen MR) is 127 cm³/mol. The number of aromatic nitrogens is 1. The molecule has 0 saturated carbocycles. The van der Waals surface area contributed by atoms with Crippen molar-refractivity contribution in [1.82, 2.24) is 4.98 Å². The smallest absolute Gasteiger partial charge is 0.330 e. The Balaban J connectivity index is 1.84. The highest BCUT2D eigenvalue weighted by Crippen LogP contribution is 2.18. The number of nitrogens with zero attached hydrogens (tertiary/aromatic N) is 1. The van der Waals surface area contributed by atoms with Crippen LogP contribution in [0.2, 0.25) is 0 Å². The lowest BCUT2D eigenvalue weighted by Gasteiger charge is -2.06. The maximum Gasteiger partial charge on any atom is 0.330 e. The van der Waals surface area contributed by atoms with Crippen molar-refractivity contribution >= 4 is 28.0 Å². The van der Waals surface area contributed by atoms with Crippen LogP contribution < -0.4 is 0 Å². The van der Waals surface area contributed by atoms with E-state index >= 15 is 0 Å². The molecule has 6 heteroatoms. The summed E-state index contributed by atoms with van der Waals surface area (Å²) in [4.78, 5) is 16.2. The third-order valence-corrected chi connectivity index (χ3v) is 6.22. The molecule has 0 amide bonds. The topological polar surface area (TPSA) is 73.3 Å². The van der Waals surface area contributed by atoms with Crippen molar-refractivity contribution in [3.63, 3.8) is 0 Å². The van der Waals surface area contributed by atoms with Crippen molar-refractivity contribution in [2.45, 2.75) is 18.2 Å². The van der Waals surface area contributed by atoms with Gasteiger partial charge in [-0.3, -0.25) is 4.98 Å². The van der Waals surface area contributed by atoms with Gasteiger partial charge in [0, 0.05) is 18.5 Å². The highest BCUT2D eigenvalue weighted by molar-refractivity contribution is 7.91.